The van der Waals surface area contributed by atoms with Gasteiger partial charge in [-0.1, -0.05) is 25.9 Å². The molecule has 0 saturated carbocycles. The van der Waals surface area contributed by atoms with Crippen LogP contribution in [0, 0.1) is 0 Å². The van der Waals surface area contributed by atoms with E-state index in [4.69, 9.17) is 4.52 Å². The highest BCUT2D eigenvalue weighted by molar-refractivity contribution is 5.85. The fourth-order valence-corrected chi connectivity index (χ4v) is 2.20. The van der Waals surface area contributed by atoms with E-state index in [0.29, 0.717) is 6.04 Å². The van der Waals surface area contributed by atoms with E-state index in [1.165, 1.54) is 12.8 Å². The lowest BCUT2D eigenvalue weighted by Crippen LogP contribution is -2.40. The van der Waals surface area contributed by atoms with E-state index in [-0.39, 0.29) is 17.8 Å². The molecule has 0 atom stereocenters. The smallest absolute Gasteiger partial charge is 0.232 e. The van der Waals surface area contributed by atoms with E-state index < -0.39 is 0 Å². The second kappa shape index (κ2) is 6.68. The lowest BCUT2D eigenvalue weighted by Gasteiger charge is -2.30. The van der Waals surface area contributed by atoms with Crippen LogP contribution in [0.1, 0.15) is 45.3 Å². The van der Waals surface area contributed by atoms with Crippen molar-refractivity contribution in [3.63, 3.8) is 0 Å². The van der Waals surface area contributed by atoms with E-state index in [1.54, 1.807) is 0 Å². The summed E-state index contributed by atoms with van der Waals surface area (Å²) in [7, 11) is 2.04. The summed E-state index contributed by atoms with van der Waals surface area (Å²) in [4.78, 5) is 6.87. The zero-order valence-corrected chi connectivity index (χ0v) is 13.1. The molecule has 1 N–H and O–H groups in total. The number of hydrogen-bond acceptors (Lipinski definition) is 5. The number of likely N-dealkylation sites (tertiary alicyclic amines) is 1. The Hall–Kier alpha value is -0.650. The summed E-state index contributed by atoms with van der Waals surface area (Å²) in [6.45, 7) is 9.26. The average molecular weight is 289 g/mol. The molecule has 19 heavy (non-hydrogen) atoms. The molecule has 1 aromatic rings. The van der Waals surface area contributed by atoms with Crippen LogP contribution in [0.25, 0.3) is 0 Å². The molecular weight excluding hydrogens is 264 g/mol. The summed E-state index contributed by atoms with van der Waals surface area (Å²) >= 11 is 0. The van der Waals surface area contributed by atoms with Gasteiger partial charge in [-0.3, -0.25) is 4.90 Å². The van der Waals surface area contributed by atoms with E-state index >= 15 is 0 Å². The molecule has 2 heterocycles. The minimum Gasteiger partial charge on any atom is -0.339 e. The van der Waals surface area contributed by atoms with E-state index in [1.807, 2.05) is 7.05 Å². The number of aromatic nitrogens is 2. The molecule has 1 fully saturated rings. The van der Waals surface area contributed by atoms with Gasteiger partial charge < -0.3 is 9.84 Å². The summed E-state index contributed by atoms with van der Waals surface area (Å²) < 4.78 is 5.31. The normalized spacial score (nSPS) is 18.3. The number of halogens is 1. The molecule has 0 radical (unpaired) electrons. The SMILES string of the molecule is CNC1CCN(Cc2noc(C(C)(C)C)n2)CC1.Cl. The predicted molar refractivity (Wildman–Crippen MR) is 77.6 cm³/mol. The van der Waals surface area contributed by atoms with E-state index in [9.17, 15) is 0 Å². The van der Waals surface area contributed by atoms with Gasteiger partial charge in [0.1, 0.15) is 0 Å². The van der Waals surface area contributed by atoms with Crippen molar-refractivity contribution in [3.05, 3.63) is 11.7 Å². The summed E-state index contributed by atoms with van der Waals surface area (Å²) in [5.74, 6) is 1.53. The van der Waals surface area contributed by atoms with Gasteiger partial charge >= 0.3 is 0 Å². The molecule has 6 heteroatoms. The van der Waals surface area contributed by atoms with Crippen LogP contribution >= 0.6 is 12.4 Å². The molecule has 0 bridgehead atoms. The van der Waals surface area contributed by atoms with E-state index in [0.717, 1.165) is 31.3 Å². The summed E-state index contributed by atoms with van der Waals surface area (Å²) in [6, 6.07) is 0.664. The minimum absolute atomic E-state index is 0. The van der Waals surface area contributed by atoms with Crippen LogP contribution in [0.2, 0.25) is 0 Å². The quantitative estimate of drug-likeness (QED) is 0.922. The highest BCUT2D eigenvalue weighted by Gasteiger charge is 2.23. The van der Waals surface area contributed by atoms with Crippen LogP contribution in [0.4, 0.5) is 0 Å². The monoisotopic (exact) mass is 288 g/mol. The van der Waals surface area contributed by atoms with Crippen LogP contribution in [0.3, 0.4) is 0 Å². The van der Waals surface area contributed by atoms with Crippen LogP contribution in [0.15, 0.2) is 4.52 Å². The van der Waals surface area contributed by atoms with Crippen molar-refractivity contribution in [1.82, 2.24) is 20.4 Å². The van der Waals surface area contributed by atoms with Crippen LogP contribution in [0.5, 0.6) is 0 Å². The highest BCUT2D eigenvalue weighted by Crippen LogP contribution is 2.20. The zero-order valence-electron chi connectivity index (χ0n) is 12.3. The molecule has 1 saturated heterocycles. The number of rotatable bonds is 3. The van der Waals surface area contributed by atoms with Crippen molar-refractivity contribution < 1.29 is 4.52 Å². The van der Waals surface area contributed by atoms with Crippen molar-refractivity contribution in [3.8, 4) is 0 Å². The number of hydrogen-bond donors (Lipinski definition) is 1. The summed E-state index contributed by atoms with van der Waals surface area (Å²) in [6.07, 6.45) is 2.39. The van der Waals surface area contributed by atoms with Crippen molar-refractivity contribution in [2.24, 2.45) is 0 Å². The molecule has 0 amide bonds. The second-order valence-corrected chi connectivity index (χ2v) is 6.10. The lowest BCUT2D eigenvalue weighted by atomic mass is 9.97. The molecule has 0 spiro atoms. The molecule has 1 aliphatic heterocycles. The average Bonchev–Trinajstić information content (AvgIpc) is 2.78. The first-order valence-electron chi connectivity index (χ1n) is 6.71. The number of piperidine rings is 1. The van der Waals surface area contributed by atoms with Gasteiger partial charge in [-0.05, 0) is 19.9 Å². The molecule has 1 aromatic heterocycles. The lowest BCUT2D eigenvalue weighted by molar-refractivity contribution is 0.188. The largest absolute Gasteiger partial charge is 0.339 e. The van der Waals surface area contributed by atoms with Gasteiger partial charge in [-0.2, -0.15) is 4.98 Å². The van der Waals surface area contributed by atoms with Gasteiger partial charge in [-0.25, -0.2) is 0 Å². The topological polar surface area (TPSA) is 54.2 Å². The van der Waals surface area contributed by atoms with Gasteiger partial charge in [0.05, 0.1) is 6.54 Å². The van der Waals surface area contributed by atoms with Gasteiger partial charge in [0.25, 0.3) is 0 Å². The molecule has 0 aromatic carbocycles. The second-order valence-electron chi connectivity index (χ2n) is 6.10. The standard InChI is InChI=1S/C13H24N4O.ClH/c1-13(2,3)12-15-11(16-18-12)9-17-7-5-10(14-4)6-8-17;/h10,14H,5-9H2,1-4H3;1H. The summed E-state index contributed by atoms with van der Waals surface area (Å²) in [5.41, 5.74) is -0.0651. The van der Waals surface area contributed by atoms with Crippen LogP contribution < -0.4 is 5.32 Å². The fraction of sp³-hybridized carbons (Fsp3) is 0.846. The van der Waals surface area contributed by atoms with Gasteiger partial charge in [0.2, 0.25) is 5.89 Å². The Kier molecular flexibility index (Phi) is 5.77. The number of nitrogens with one attached hydrogen (secondary N) is 1. The Bertz CT molecular complexity index is 380. The first kappa shape index (κ1) is 16.4. The molecule has 2 rings (SSSR count). The molecule has 5 nitrogen and oxygen atoms in total. The summed E-state index contributed by atoms with van der Waals surface area (Å²) in [5, 5.41) is 7.41. The highest BCUT2D eigenvalue weighted by atomic mass is 35.5. The maximum absolute atomic E-state index is 5.31. The first-order chi connectivity index (χ1) is 8.49. The fourth-order valence-electron chi connectivity index (χ4n) is 2.20. The van der Waals surface area contributed by atoms with Crippen molar-refractivity contribution in [1.29, 1.82) is 0 Å². The Labute approximate surface area is 121 Å². The maximum atomic E-state index is 5.31. The molecule has 0 aliphatic carbocycles. The molecule has 0 unspecified atom stereocenters. The third kappa shape index (κ3) is 4.44. The van der Waals surface area contributed by atoms with E-state index in [2.05, 4.69) is 41.1 Å². The van der Waals surface area contributed by atoms with Crippen molar-refractivity contribution in [2.45, 2.75) is 51.6 Å². The Morgan fingerprint density at radius 1 is 1.32 bits per heavy atom. The Balaban J connectivity index is 0.00000180. The van der Waals surface area contributed by atoms with Gasteiger partial charge in [0.15, 0.2) is 5.82 Å². The van der Waals surface area contributed by atoms with Gasteiger partial charge in [0, 0.05) is 24.5 Å². The minimum atomic E-state index is -0.0651. The van der Waals surface area contributed by atoms with Crippen molar-refractivity contribution >= 4 is 12.4 Å². The third-order valence-corrected chi connectivity index (χ3v) is 3.47. The number of nitrogens with zero attached hydrogens (tertiary/aromatic N) is 3. The Morgan fingerprint density at radius 2 is 1.95 bits per heavy atom. The Morgan fingerprint density at radius 3 is 2.42 bits per heavy atom. The predicted octanol–water partition coefficient (Wildman–Crippen LogP) is 1.97. The van der Waals surface area contributed by atoms with Crippen LogP contribution in [-0.2, 0) is 12.0 Å². The maximum Gasteiger partial charge on any atom is 0.232 e. The molecule has 1 aliphatic rings. The van der Waals surface area contributed by atoms with Crippen LogP contribution in [-0.4, -0.2) is 41.2 Å². The zero-order chi connectivity index (χ0) is 13.2. The molecular formula is C13H25ClN4O. The third-order valence-electron chi connectivity index (χ3n) is 3.47. The van der Waals surface area contributed by atoms with Crippen molar-refractivity contribution in [2.75, 3.05) is 20.1 Å². The van der Waals surface area contributed by atoms with Gasteiger partial charge in [-0.15, -0.1) is 12.4 Å². The first-order valence-corrected chi connectivity index (χ1v) is 6.71. The molecule has 110 valence electrons.